The van der Waals surface area contributed by atoms with Crippen LogP contribution in [0.2, 0.25) is 0 Å². The van der Waals surface area contributed by atoms with Crippen LogP contribution < -0.4 is 5.32 Å². The summed E-state index contributed by atoms with van der Waals surface area (Å²) in [5.74, 6) is -0.162. The molecule has 2 aliphatic rings. The molecule has 29 heavy (non-hydrogen) atoms. The Hall–Kier alpha value is -1.52. The number of carbonyl (C=O) groups excluding carboxylic acids is 1. The quantitative estimate of drug-likeness (QED) is 0.768. The Balaban J connectivity index is 1.74. The number of morpholine rings is 2. The van der Waals surface area contributed by atoms with E-state index >= 15 is 0 Å². The van der Waals surface area contributed by atoms with Gasteiger partial charge >= 0.3 is 0 Å². The smallest absolute Gasteiger partial charge is 0.243 e. The number of sulfonamides is 1. The Morgan fingerprint density at radius 3 is 2.41 bits per heavy atom. The summed E-state index contributed by atoms with van der Waals surface area (Å²) in [4.78, 5) is 15.1. The van der Waals surface area contributed by atoms with Crippen molar-refractivity contribution in [3.63, 3.8) is 0 Å². The predicted octanol–water partition coefficient (Wildman–Crippen LogP) is 1.45. The molecular formula is C20H31N3O5S. The van der Waals surface area contributed by atoms with E-state index in [0.717, 1.165) is 0 Å². The lowest BCUT2D eigenvalue weighted by Gasteiger charge is -2.38. The van der Waals surface area contributed by atoms with Gasteiger partial charge in [-0.25, -0.2) is 8.42 Å². The predicted molar refractivity (Wildman–Crippen MR) is 110 cm³/mol. The Bertz CT molecular complexity index is 829. The van der Waals surface area contributed by atoms with Crippen LogP contribution in [-0.2, 0) is 24.3 Å². The average molecular weight is 426 g/mol. The molecule has 1 amide bonds. The van der Waals surface area contributed by atoms with Crippen LogP contribution in [0, 0.1) is 6.92 Å². The molecule has 2 aliphatic heterocycles. The molecule has 9 heteroatoms. The van der Waals surface area contributed by atoms with E-state index in [1.54, 1.807) is 25.1 Å². The van der Waals surface area contributed by atoms with Gasteiger partial charge in [-0.15, -0.1) is 0 Å². The fourth-order valence-corrected chi connectivity index (χ4v) is 5.49. The number of rotatable bonds is 5. The summed E-state index contributed by atoms with van der Waals surface area (Å²) in [5.41, 5.74) is 1.13. The van der Waals surface area contributed by atoms with Gasteiger partial charge in [0.15, 0.2) is 0 Å². The molecule has 0 spiro atoms. The molecule has 2 saturated heterocycles. The number of nitrogens with one attached hydrogen (secondary N) is 1. The fourth-order valence-electron chi connectivity index (χ4n) is 3.83. The van der Waals surface area contributed by atoms with Gasteiger partial charge in [0.25, 0.3) is 0 Å². The molecule has 0 saturated carbocycles. The minimum Gasteiger partial charge on any atom is -0.379 e. The van der Waals surface area contributed by atoms with Gasteiger partial charge in [0, 0.05) is 31.9 Å². The Morgan fingerprint density at radius 2 is 1.79 bits per heavy atom. The molecule has 162 valence electrons. The van der Waals surface area contributed by atoms with Gasteiger partial charge in [-0.05, 0) is 45.4 Å². The molecule has 3 atom stereocenters. The van der Waals surface area contributed by atoms with Gasteiger partial charge in [-0.2, -0.15) is 4.31 Å². The lowest BCUT2D eigenvalue weighted by Crippen LogP contribution is -2.52. The van der Waals surface area contributed by atoms with Crippen molar-refractivity contribution in [1.29, 1.82) is 0 Å². The second-order valence-corrected chi connectivity index (χ2v) is 9.78. The maximum Gasteiger partial charge on any atom is 0.243 e. The van der Waals surface area contributed by atoms with Crippen LogP contribution in [0.1, 0.15) is 26.3 Å². The van der Waals surface area contributed by atoms with Crippen LogP contribution >= 0.6 is 0 Å². The van der Waals surface area contributed by atoms with Gasteiger partial charge in [0.2, 0.25) is 15.9 Å². The molecule has 0 bridgehead atoms. The summed E-state index contributed by atoms with van der Waals surface area (Å²) < 4.78 is 38.5. The molecule has 0 aliphatic carbocycles. The fraction of sp³-hybridized carbons (Fsp3) is 0.650. The standard InChI is InChI=1S/C20H31N3O5S/c1-14-5-6-18(11-19(14)29(25,26)23-7-9-27-10-8-23)21-20(24)17(4)22-12-15(2)28-16(3)13-22/h5-6,11,15-17H,7-10,12-13H2,1-4H3,(H,21,24). The number of aryl methyl sites for hydroxylation is 1. The maximum absolute atomic E-state index is 13.0. The van der Waals surface area contributed by atoms with Crippen molar-refractivity contribution in [1.82, 2.24) is 9.21 Å². The molecular weight excluding hydrogens is 394 g/mol. The third-order valence-electron chi connectivity index (χ3n) is 5.42. The maximum atomic E-state index is 13.0. The van der Waals surface area contributed by atoms with E-state index in [9.17, 15) is 13.2 Å². The summed E-state index contributed by atoms with van der Waals surface area (Å²) in [6.07, 6.45) is 0.136. The second kappa shape index (κ2) is 9.09. The first kappa shape index (κ1) is 22.2. The van der Waals surface area contributed by atoms with Crippen LogP contribution in [0.5, 0.6) is 0 Å². The van der Waals surface area contributed by atoms with Crippen LogP contribution in [0.15, 0.2) is 23.1 Å². The molecule has 1 aromatic rings. The number of amides is 1. The number of ether oxygens (including phenoxy) is 2. The molecule has 1 aromatic carbocycles. The van der Waals surface area contributed by atoms with E-state index < -0.39 is 10.0 Å². The number of carbonyl (C=O) groups is 1. The Labute approximate surface area is 173 Å². The van der Waals surface area contributed by atoms with Crippen molar-refractivity contribution in [3.8, 4) is 0 Å². The van der Waals surface area contributed by atoms with Crippen LogP contribution in [0.25, 0.3) is 0 Å². The van der Waals surface area contributed by atoms with E-state index in [0.29, 0.717) is 50.6 Å². The molecule has 0 aromatic heterocycles. The summed E-state index contributed by atoms with van der Waals surface area (Å²) in [6, 6.07) is 4.68. The van der Waals surface area contributed by atoms with Crippen LogP contribution in [0.4, 0.5) is 5.69 Å². The Morgan fingerprint density at radius 1 is 1.17 bits per heavy atom. The monoisotopic (exact) mass is 425 g/mol. The van der Waals surface area contributed by atoms with E-state index in [1.807, 2.05) is 20.8 Å². The minimum atomic E-state index is -3.63. The molecule has 1 N–H and O–H groups in total. The minimum absolute atomic E-state index is 0.0682. The zero-order valence-corrected chi connectivity index (χ0v) is 18.4. The number of hydrogen-bond donors (Lipinski definition) is 1. The summed E-state index contributed by atoms with van der Waals surface area (Å²) in [6.45, 7) is 10.4. The van der Waals surface area contributed by atoms with Crippen molar-refractivity contribution in [3.05, 3.63) is 23.8 Å². The van der Waals surface area contributed by atoms with Gasteiger partial charge in [-0.3, -0.25) is 9.69 Å². The summed E-state index contributed by atoms with van der Waals surface area (Å²) >= 11 is 0. The van der Waals surface area contributed by atoms with Crippen molar-refractivity contribution >= 4 is 21.6 Å². The van der Waals surface area contributed by atoms with Crippen molar-refractivity contribution < 1.29 is 22.7 Å². The van der Waals surface area contributed by atoms with E-state index in [4.69, 9.17) is 9.47 Å². The van der Waals surface area contributed by atoms with Crippen molar-refractivity contribution in [2.75, 3.05) is 44.7 Å². The van der Waals surface area contributed by atoms with Gasteiger partial charge in [0.1, 0.15) is 0 Å². The summed E-state index contributed by atoms with van der Waals surface area (Å²) in [7, 11) is -3.63. The van der Waals surface area contributed by atoms with Gasteiger partial charge in [0.05, 0.1) is 36.4 Å². The first-order valence-electron chi connectivity index (χ1n) is 10.1. The molecule has 2 heterocycles. The highest BCUT2D eigenvalue weighted by Gasteiger charge is 2.30. The first-order chi connectivity index (χ1) is 13.7. The molecule has 3 unspecified atom stereocenters. The summed E-state index contributed by atoms with van der Waals surface area (Å²) in [5, 5.41) is 2.88. The zero-order chi connectivity index (χ0) is 21.2. The van der Waals surface area contributed by atoms with E-state index in [-0.39, 0.29) is 29.1 Å². The first-order valence-corrected chi connectivity index (χ1v) is 11.5. The van der Waals surface area contributed by atoms with Crippen molar-refractivity contribution in [2.45, 2.75) is 50.8 Å². The topological polar surface area (TPSA) is 88.2 Å². The van der Waals surface area contributed by atoms with Crippen LogP contribution in [-0.4, -0.2) is 81.2 Å². The average Bonchev–Trinajstić information content (AvgIpc) is 2.68. The third-order valence-corrected chi connectivity index (χ3v) is 7.46. The van der Waals surface area contributed by atoms with Gasteiger partial charge < -0.3 is 14.8 Å². The van der Waals surface area contributed by atoms with E-state index in [1.165, 1.54) is 4.31 Å². The molecule has 8 nitrogen and oxygen atoms in total. The van der Waals surface area contributed by atoms with Crippen molar-refractivity contribution in [2.24, 2.45) is 0 Å². The molecule has 3 rings (SSSR count). The third kappa shape index (κ3) is 5.16. The number of nitrogens with zero attached hydrogens (tertiary/aromatic N) is 2. The highest BCUT2D eigenvalue weighted by atomic mass is 32.2. The number of benzene rings is 1. The molecule has 2 fully saturated rings. The SMILES string of the molecule is Cc1ccc(NC(=O)C(C)N2CC(C)OC(C)C2)cc1S(=O)(=O)N1CCOCC1. The highest BCUT2D eigenvalue weighted by Crippen LogP contribution is 2.25. The number of hydrogen-bond acceptors (Lipinski definition) is 6. The number of anilines is 1. The van der Waals surface area contributed by atoms with E-state index in [2.05, 4.69) is 10.2 Å². The molecule has 0 radical (unpaired) electrons. The largest absolute Gasteiger partial charge is 0.379 e. The normalized spacial score (nSPS) is 25.5. The lowest BCUT2D eigenvalue weighted by molar-refractivity contribution is -0.126. The highest BCUT2D eigenvalue weighted by molar-refractivity contribution is 7.89. The Kier molecular flexibility index (Phi) is 6.95. The van der Waals surface area contributed by atoms with Gasteiger partial charge in [-0.1, -0.05) is 6.07 Å². The van der Waals surface area contributed by atoms with Crippen LogP contribution in [0.3, 0.4) is 0 Å². The lowest BCUT2D eigenvalue weighted by atomic mass is 10.1. The zero-order valence-electron chi connectivity index (χ0n) is 17.6. The second-order valence-electron chi connectivity index (χ2n) is 7.87.